The molecule has 182 valence electrons. The highest BCUT2D eigenvalue weighted by Gasteiger charge is 2.37. The molecule has 0 bridgehead atoms. The molecule has 0 aromatic carbocycles. The second-order valence-electron chi connectivity index (χ2n) is 6.55. The smallest absolute Gasteiger partial charge is 0.432 e. The van der Waals surface area contributed by atoms with Crippen LogP contribution in [0.3, 0.4) is 0 Å². The Morgan fingerprint density at radius 2 is 0.844 bits per heavy atom. The number of hydrogen-bond acceptors (Lipinski definition) is 10. The highest BCUT2D eigenvalue weighted by Crippen LogP contribution is 2.53. The number of carbonyl (C=O) groups excluding carboxylic acids is 3. The molecule has 3 atom stereocenters. The summed E-state index contributed by atoms with van der Waals surface area (Å²) in [6, 6.07) is 0. The molecule has 3 unspecified atom stereocenters. The number of phosphoric ester groups is 1. The monoisotopic (exact) mass is 476 g/mol. The highest BCUT2D eigenvalue weighted by atomic mass is 31.2. The summed E-state index contributed by atoms with van der Waals surface area (Å²) in [6.45, 7) is 19.5. The van der Waals surface area contributed by atoms with Gasteiger partial charge in [-0.05, 0) is 40.0 Å². The van der Waals surface area contributed by atoms with Gasteiger partial charge in [0, 0.05) is 16.7 Å². The molecule has 0 radical (unpaired) electrons. The fourth-order valence-corrected chi connectivity index (χ4v) is 3.19. The Morgan fingerprint density at radius 3 is 1.03 bits per heavy atom. The van der Waals surface area contributed by atoms with Crippen LogP contribution in [0.5, 0.6) is 0 Å². The summed E-state index contributed by atoms with van der Waals surface area (Å²) in [4.78, 5) is 35.7. The van der Waals surface area contributed by atoms with E-state index < -0.39 is 44.6 Å². The average molecular weight is 476 g/mol. The van der Waals surface area contributed by atoms with Crippen molar-refractivity contribution in [3.05, 3.63) is 36.5 Å². The van der Waals surface area contributed by atoms with E-state index in [9.17, 15) is 18.9 Å². The minimum Gasteiger partial charge on any atom is -0.432 e. The van der Waals surface area contributed by atoms with Crippen molar-refractivity contribution in [3.8, 4) is 0 Å². The van der Waals surface area contributed by atoms with Gasteiger partial charge in [-0.3, -0.25) is 0 Å². The summed E-state index contributed by atoms with van der Waals surface area (Å²) < 4.78 is 43.7. The van der Waals surface area contributed by atoms with Crippen molar-refractivity contribution in [2.45, 2.75) is 79.7 Å². The molecule has 10 nitrogen and oxygen atoms in total. The molecule has 0 aliphatic rings. The van der Waals surface area contributed by atoms with Gasteiger partial charge in [-0.2, -0.15) is 0 Å². The molecule has 0 saturated heterocycles. The number of ether oxygens (including phenoxy) is 3. The molecule has 0 heterocycles. The van der Waals surface area contributed by atoms with Crippen LogP contribution in [-0.2, 0) is 46.7 Å². The SMILES string of the molecule is C=C(CC)C(=O)OC(C)OP(=O)(OC(C)OC(=O)C(=C)CC)OC(C)OC(=O)C(=C)CC. The molecule has 0 aromatic rings. The lowest BCUT2D eigenvalue weighted by atomic mass is 10.2. The number of phosphoric acid groups is 1. The minimum atomic E-state index is -4.59. The second-order valence-corrected chi connectivity index (χ2v) is 8.08. The maximum atomic E-state index is 13.2. The third-order valence-corrected chi connectivity index (χ3v) is 5.46. The van der Waals surface area contributed by atoms with Gasteiger partial charge < -0.3 is 14.2 Å². The molecule has 0 aromatic heterocycles. The normalized spacial score (nSPS) is 15.4. The lowest BCUT2D eigenvalue weighted by Gasteiger charge is -2.26. The Kier molecular flexibility index (Phi) is 13.0. The fraction of sp³-hybridized carbons (Fsp3) is 0.571. The van der Waals surface area contributed by atoms with Gasteiger partial charge in [0.25, 0.3) is 0 Å². The first-order valence-electron chi connectivity index (χ1n) is 10.1. The van der Waals surface area contributed by atoms with Crippen LogP contribution in [-0.4, -0.2) is 36.8 Å². The minimum absolute atomic E-state index is 0.165. The largest absolute Gasteiger partial charge is 0.484 e. The number of hydrogen-bond donors (Lipinski definition) is 0. The maximum Gasteiger partial charge on any atom is 0.484 e. The predicted molar refractivity (Wildman–Crippen MR) is 116 cm³/mol. The first-order chi connectivity index (χ1) is 14.8. The summed E-state index contributed by atoms with van der Waals surface area (Å²) in [5.41, 5.74) is 0.494. The van der Waals surface area contributed by atoms with Gasteiger partial charge in [0.1, 0.15) is 0 Å². The molecular formula is C21H33O10P. The first-order valence-corrected chi connectivity index (χ1v) is 11.6. The maximum absolute atomic E-state index is 13.2. The molecule has 0 aliphatic carbocycles. The van der Waals surface area contributed by atoms with Gasteiger partial charge in [0.2, 0.25) is 18.9 Å². The van der Waals surface area contributed by atoms with Crippen LogP contribution in [0.1, 0.15) is 60.8 Å². The summed E-state index contributed by atoms with van der Waals surface area (Å²) >= 11 is 0. The zero-order chi connectivity index (χ0) is 25.1. The van der Waals surface area contributed by atoms with Crippen molar-refractivity contribution in [3.63, 3.8) is 0 Å². The van der Waals surface area contributed by atoms with Crippen LogP contribution in [0.15, 0.2) is 36.5 Å². The molecule has 32 heavy (non-hydrogen) atoms. The van der Waals surface area contributed by atoms with Crippen LogP contribution in [0.2, 0.25) is 0 Å². The van der Waals surface area contributed by atoms with Gasteiger partial charge >= 0.3 is 25.7 Å². The molecule has 11 heteroatoms. The molecule has 0 amide bonds. The van der Waals surface area contributed by atoms with E-state index in [0.29, 0.717) is 19.3 Å². The van der Waals surface area contributed by atoms with E-state index in [0.717, 1.165) is 0 Å². The van der Waals surface area contributed by atoms with Gasteiger partial charge in [-0.15, -0.1) is 0 Å². The van der Waals surface area contributed by atoms with Crippen molar-refractivity contribution in [1.29, 1.82) is 0 Å². The number of carbonyl (C=O) groups is 3. The molecule has 0 fully saturated rings. The Bertz CT molecular complexity index is 673. The van der Waals surface area contributed by atoms with E-state index in [1.54, 1.807) is 20.8 Å². The van der Waals surface area contributed by atoms with E-state index in [-0.39, 0.29) is 16.7 Å². The van der Waals surface area contributed by atoms with Crippen molar-refractivity contribution in [2.24, 2.45) is 0 Å². The van der Waals surface area contributed by atoms with E-state index in [1.807, 2.05) is 0 Å². The Balaban J connectivity index is 5.44. The van der Waals surface area contributed by atoms with E-state index >= 15 is 0 Å². The Hall–Kier alpha value is -2.26. The molecule has 0 saturated carbocycles. The predicted octanol–water partition coefficient (Wildman–Crippen LogP) is 4.71. The number of esters is 3. The van der Waals surface area contributed by atoms with Crippen LogP contribution in [0.4, 0.5) is 0 Å². The van der Waals surface area contributed by atoms with Crippen LogP contribution in [0, 0.1) is 0 Å². The van der Waals surface area contributed by atoms with Gasteiger partial charge in [-0.1, -0.05) is 40.5 Å². The third-order valence-electron chi connectivity index (χ3n) is 3.80. The summed E-state index contributed by atoms with van der Waals surface area (Å²) in [7, 11) is -4.59. The van der Waals surface area contributed by atoms with E-state index in [2.05, 4.69) is 19.7 Å². The van der Waals surface area contributed by atoms with Crippen LogP contribution >= 0.6 is 7.82 Å². The fourth-order valence-electron chi connectivity index (χ4n) is 1.82. The van der Waals surface area contributed by atoms with Crippen LogP contribution in [0.25, 0.3) is 0 Å². The van der Waals surface area contributed by atoms with Gasteiger partial charge in [0.15, 0.2) is 0 Å². The summed E-state index contributed by atoms with van der Waals surface area (Å²) in [5, 5.41) is 0. The third kappa shape index (κ3) is 10.9. The average Bonchev–Trinajstić information content (AvgIpc) is 2.70. The first kappa shape index (κ1) is 29.7. The zero-order valence-electron chi connectivity index (χ0n) is 19.5. The molecule has 0 aliphatic heterocycles. The Morgan fingerprint density at radius 1 is 0.625 bits per heavy atom. The van der Waals surface area contributed by atoms with Crippen molar-refractivity contribution in [2.75, 3.05) is 0 Å². The van der Waals surface area contributed by atoms with Crippen molar-refractivity contribution in [1.82, 2.24) is 0 Å². The second kappa shape index (κ2) is 14.0. The standard InChI is InChI=1S/C21H33O10P/c1-10-13(4)19(22)26-16(7)29-32(25,30-17(8)27-20(23)14(5)11-2)31-18(9)28-21(24)15(6)12-3/h16-18H,4-6,10-12H2,1-3,7-9H3. The lowest BCUT2D eigenvalue weighted by Crippen LogP contribution is -2.25. The lowest BCUT2D eigenvalue weighted by molar-refractivity contribution is -0.174. The molecule has 0 rings (SSSR count). The molecular weight excluding hydrogens is 443 g/mol. The molecule has 0 spiro atoms. The van der Waals surface area contributed by atoms with Gasteiger partial charge in [-0.25, -0.2) is 32.5 Å². The van der Waals surface area contributed by atoms with Crippen molar-refractivity contribution < 1.29 is 46.7 Å². The Labute approximate surface area is 189 Å². The highest BCUT2D eigenvalue weighted by molar-refractivity contribution is 7.48. The van der Waals surface area contributed by atoms with Crippen LogP contribution < -0.4 is 0 Å². The molecule has 0 N–H and O–H groups in total. The van der Waals surface area contributed by atoms with E-state index in [4.69, 9.17) is 27.8 Å². The zero-order valence-corrected chi connectivity index (χ0v) is 20.4. The topological polar surface area (TPSA) is 124 Å². The van der Waals surface area contributed by atoms with Crippen molar-refractivity contribution >= 4 is 25.7 Å². The van der Waals surface area contributed by atoms with Gasteiger partial charge in [0.05, 0.1) is 0 Å². The summed E-state index contributed by atoms with van der Waals surface area (Å²) in [6.07, 6.45) is -3.22. The number of rotatable bonds is 15. The quantitative estimate of drug-likeness (QED) is 0.108. The van der Waals surface area contributed by atoms with E-state index in [1.165, 1.54) is 20.8 Å². The summed E-state index contributed by atoms with van der Waals surface area (Å²) in [5.74, 6) is -2.32.